The zero-order chi connectivity index (χ0) is 29.1. The Morgan fingerprint density at radius 3 is 2.61 bits per heavy atom. The van der Waals surface area contributed by atoms with Gasteiger partial charge < -0.3 is 25.3 Å². The van der Waals surface area contributed by atoms with Crippen LogP contribution in [0, 0.1) is 0 Å². The fourth-order valence-electron chi connectivity index (χ4n) is 5.65. The highest BCUT2D eigenvalue weighted by molar-refractivity contribution is 7.80. The minimum absolute atomic E-state index is 0.128. The summed E-state index contributed by atoms with van der Waals surface area (Å²) in [5.74, 6) is -0.321. The monoisotopic (exact) mass is 575 g/mol. The largest absolute Gasteiger partial charge is 0.444 e. The number of nitrogens with zero attached hydrogens (tertiary/aromatic N) is 2. The summed E-state index contributed by atoms with van der Waals surface area (Å²) in [4.78, 5) is 47.4. The Morgan fingerprint density at radius 1 is 1.12 bits per heavy atom. The number of urea groups is 1. The van der Waals surface area contributed by atoms with E-state index in [1.807, 2.05) is 65.7 Å². The predicted octanol–water partition coefficient (Wildman–Crippen LogP) is 4.91. The fraction of sp³-hybridized carbons (Fsp3) is 0.419. The molecule has 3 atom stereocenters. The van der Waals surface area contributed by atoms with Gasteiger partial charge in [0.25, 0.3) is 0 Å². The van der Waals surface area contributed by atoms with Crippen LogP contribution in [0.15, 0.2) is 60.8 Å². The molecule has 0 radical (unpaired) electrons. The highest BCUT2D eigenvalue weighted by atomic mass is 32.1. The van der Waals surface area contributed by atoms with Gasteiger partial charge in [-0.1, -0.05) is 60.7 Å². The number of fused-ring (bicyclic) bond motifs is 2. The molecular formula is C31H37N5O4S. The van der Waals surface area contributed by atoms with E-state index in [2.05, 4.69) is 15.6 Å². The van der Waals surface area contributed by atoms with Crippen LogP contribution in [0.2, 0.25) is 0 Å². The summed E-state index contributed by atoms with van der Waals surface area (Å²) in [6.07, 6.45) is 3.45. The van der Waals surface area contributed by atoms with Gasteiger partial charge >= 0.3 is 12.1 Å². The van der Waals surface area contributed by atoms with Crippen molar-refractivity contribution in [1.29, 1.82) is 0 Å². The number of H-pyrrole nitrogens is 1. The number of amides is 4. The molecule has 2 aliphatic heterocycles. The van der Waals surface area contributed by atoms with Gasteiger partial charge in [0.2, 0.25) is 5.91 Å². The van der Waals surface area contributed by atoms with Gasteiger partial charge in [0, 0.05) is 42.5 Å². The Bertz CT molecular complexity index is 1430. The number of aromatic amines is 1. The summed E-state index contributed by atoms with van der Waals surface area (Å²) < 4.78 is 5.48. The van der Waals surface area contributed by atoms with Crippen LogP contribution in [0.25, 0.3) is 10.9 Å². The summed E-state index contributed by atoms with van der Waals surface area (Å²) in [6, 6.07) is 16.1. The van der Waals surface area contributed by atoms with Crippen LogP contribution in [0.4, 0.5) is 9.59 Å². The first-order chi connectivity index (χ1) is 19.6. The Kier molecular flexibility index (Phi) is 8.30. The third-order valence-corrected chi connectivity index (χ3v) is 7.94. The lowest BCUT2D eigenvalue weighted by atomic mass is 9.91. The Balaban J connectivity index is 1.32. The number of para-hydroxylation sites is 1. The van der Waals surface area contributed by atoms with Crippen molar-refractivity contribution < 1.29 is 19.1 Å². The number of piperidine rings is 1. The quantitative estimate of drug-likeness (QED) is 0.347. The van der Waals surface area contributed by atoms with Crippen molar-refractivity contribution in [2.45, 2.75) is 76.7 Å². The molecule has 1 aromatic heterocycles. The lowest BCUT2D eigenvalue weighted by Crippen LogP contribution is -2.65. The van der Waals surface area contributed by atoms with E-state index >= 15 is 0 Å². The van der Waals surface area contributed by atoms with Crippen molar-refractivity contribution in [1.82, 2.24) is 25.4 Å². The zero-order valence-corrected chi connectivity index (χ0v) is 24.5. The molecule has 0 unspecified atom stereocenters. The van der Waals surface area contributed by atoms with E-state index in [4.69, 9.17) is 17.0 Å². The van der Waals surface area contributed by atoms with Crippen molar-refractivity contribution >= 4 is 46.1 Å². The molecule has 3 heterocycles. The molecule has 0 spiro atoms. The highest BCUT2D eigenvalue weighted by Crippen LogP contribution is 2.29. The first-order valence-electron chi connectivity index (χ1n) is 14.1. The molecule has 2 fully saturated rings. The van der Waals surface area contributed by atoms with E-state index in [9.17, 15) is 14.4 Å². The number of aromatic nitrogens is 1. The summed E-state index contributed by atoms with van der Waals surface area (Å²) in [5, 5.41) is 6.94. The standard InChI is InChI=1S/C31H37N5O4S/c1-31(2,3)40-29(38)34-25(16-21-18-32-23-13-8-7-12-22(21)23)28(37)33-24-14-9-15-35-26(24)17-27(41)36(30(35)39)19-20-10-5-4-6-11-20/h4-8,10-13,18,24-26,32H,9,14-17,19H2,1-3H3,(H,33,37)(H,34,38)/t24-,25-,26+/m0/s1. The zero-order valence-electron chi connectivity index (χ0n) is 23.7. The number of ether oxygens (including phenoxy) is 1. The van der Waals surface area contributed by atoms with Crippen LogP contribution >= 0.6 is 12.2 Å². The lowest BCUT2D eigenvalue weighted by molar-refractivity contribution is -0.124. The van der Waals surface area contributed by atoms with Crippen molar-refractivity contribution in [3.63, 3.8) is 0 Å². The third kappa shape index (κ3) is 6.70. The number of thiocarbonyl (C=S) groups is 1. The molecule has 2 saturated heterocycles. The van der Waals surface area contributed by atoms with E-state index in [1.54, 1.807) is 25.7 Å². The minimum atomic E-state index is -0.875. The second-order valence-electron chi connectivity index (χ2n) is 11.7. The van der Waals surface area contributed by atoms with Gasteiger partial charge in [-0.25, -0.2) is 9.59 Å². The number of hydrogen-bond donors (Lipinski definition) is 3. The SMILES string of the molecule is CC(C)(C)OC(=O)N[C@@H](Cc1c[nH]c2ccccc12)C(=O)N[C@H]1CCCN2C(=O)N(Cc3ccccc3)C(=S)C[C@H]12. The second-order valence-corrected chi connectivity index (χ2v) is 12.2. The summed E-state index contributed by atoms with van der Waals surface area (Å²) in [5.41, 5.74) is 2.17. The van der Waals surface area contributed by atoms with Gasteiger partial charge in [-0.05, 0) is 50.8 Å². The van der Waals surface area contributed by atoms with Gasteiger partial charge in [-0.15, -0.1) is 0 Å². The van der Waals surface area contributed by atoms with Crippen molar-refractivity contribution in [2.24, 2.45) is 0 Å². The molecule has 0 bridgehead atoms. The third-order valence-electron chi connectivity index (χ3n) is 7.56. The minimum Gasteiger partial charge on any atom is -0.444 e. The maximum atomic E-state index is 13.8. The van der Waals surface area contributed by atoms with Crippen LogP contribution in [-0.2, 0) is 22.5 Å². The van der Waals surface area contributed by atoms with Crippen molar-refractivity contribution in [3.05, 3.63) is 71.9 Å². The van der Waals surface area contributed by atoms with E-state index in [0.29, 0.717) is 30.9 Å². The molecule has 3 aromatic rings. The summed E-state index contributed by atoms with van der Waals surface area (Å²) in [7, 11) is 0. The maximum Gasteiger partial charge on any atom is 0.408 e. The predicted molar refractivity (Wildman–Crippen MR) is 161 cm³/mol. The van der Waals surface area contributed by atoms with E-state index in [0.717, 1.165) is 28.5 Å². The van der Waals surface area contributed by atoms with Crippen molar-refractivity contribution in [3.8, 4) is 0 Å². The Hall–Kier alpha value is -3.92. The molecule has 0 aliphatic carbocycles. The number of hydrogen-bond acceptors (Lipinski definition) is 5. The second kappa shape index (κ2) is 11.9. The average molecular weight is 576 g/mol. The maximum absolute atomic E-state index is 13.8. The van der Waals surface area contributed by atoms with E-state index in [1.165, 1.54) is 0 Å². The van der Waals surface area contributed by atoms with E-state index in [-0.39, 0.29) is 30.4 Å². The van der Waals surface area contributed by atoms with Crippen LogP contribution in [0.3, 0.4) is 0 Å². The Morgan fingerprint density at radius 2 is 1.85 bits per heavy atom. The average Bonchev–Trinajstić information content (AvgIpc) is 3.33. The fourth-order valence-corrected chi connectivity index (χ4v) is 5.96. The molecular weight excluding hydrogens is 538 g/mol. The van der Waals surface area contributed by atoms with Gasteiger partial charge in [0.15, 0.2) is 0 Å². The number of carbonyl (C=O) groups excluding carboxylic acids is 3. The van der Waals surface area contributed by atoms with Gasteiger partial charge in [0.1, 0.15) is 11.6 Å². The molecule has 9 nitrogen and oxygen atoms in total. The van der Waals surface area contributed by atoms with Gasteiger partial charge in [-0.2, -0.15) is 0 Å². The van der Waals surface area contributed by atoms with Crippen LogP contribution in [0.5, 0.6) is 0 Å². The van der Waals surface area contributed by atoms with Gasteiger partial charge in [0.05, 0.1) is 17.6 Å². The first-order valence-corrected chi connectivity index (χ1v) is 14.5. The molecule has 216 valence electrons. The smallest absolute Gasteiger partial charge is 0.408 e. The number of rotatable bonds is 7. The summed E-state index contributed by atoms with van der Waals surface area (Å²) in [6.45, 7) is 6.37. The molecule has 2 aliphatic rings. The van der Waals surface area contributed by atoms with Gasteiger partial charge in [-0.3, -0.25) is 9.69 Å². The molecule has 5 rings (SSSR count). The number of carbonyl (C=O) groups is 3. The number of nitrogens with one attached hydrogen (secondary N) is 3. The van der Waals surface area contributed by atoms with Crippen LogP contribution in [0.1, 0.15) is 51.2 Å². The van der Waals surface area contributed by atoms with Crippen LogP contribution < -0.4 is 10.6 Å². The number of benzene rings is 2. The molecule has 10 heteroatoms. The van der Waals surface area contributed by atoms with E-state index < -0.39 is 17.7 Å². The molecule has 0 saturated carbocycles. The number of alkyl carbamates (subject to hydrolysis) is 1. The highest BCUT2D eigenvalue weighted by Gasteiger charge is 2.43. The summed E-state index contributed by atoms with van der Waals surface area (Å²) >= 11 is 5.71. The molecule has 4 amide bonds. The van der Waals surface area contributed by atoms with Crippen LogP contribution in [-0.4, -0.2) is 68.1 Å². The normalized spacial score (nSPS) is 20.0. The molecule has 2 aromatic carbocycles. The molecule has 3 N–H and O–H groups in total. The Labute approximate surface area is 245 Å². The lowest BCUT2D eigenvalue weighted by Gasteiger charge is -2.48. The van der Waals surface area contributed by atoms with Crippen molar-refractivity contribution in [2.75, 3.05) is 6.54 Å². The molecule has 41 heavy (non-hydrogen) atoms. The topological polar surface area (TPSA) is 107 Å². The first kappa shape index (κ1) is 28.6.